The lowest BCUT2D eigenvalue weighted by molar-refractivity contribution is -0.177. The van der Waals surface area contributed by atoms with Crippen molar-refractivity contribution in [3.05, 3.63) is 0 Å². The molecule has 4 fully saturated rings. The van der Waals surface area contributed by atoms with Crippen molar-refractivity contribution in [2.45, 2.75) is 61.0 Å². The predicted octanol–water partition coefficient (Wildman–Crippen LogP) is -0.415. The van der Waals surface area contributed by atoms with Crippen LogP contribution in [0.3, 0.4) is 0 Å². The SMILES string of the molecule is O=C1NNCC(N2CCC3C(C2)NCN3C2CCCNC2C(F)(F)F)C1Cl. The maximum absolute atomic E-state index is 13.5. The monoisotopic (exact) mass is 410 g/mol. The summed E-state index contributed by atoms with van der Waals surface area (Å²) in [6.07, 6.45) is -2.16. The number of fused-ring (bicyclic) bond motifs is 1. The van der Waals surface area contributed by atoms with Crippen molar-refractivity contribution in [1.29, 1.82) is 0 Å². The quantitative estimate of drug-likeness (QED) is 0.464. The average molecular weight is 411 g/mol. The lowest BCUT2D eigenvalue weighted by Gasteiger charge is -2.46. The molecule has 0 saturated carbocycles. The Morgan fingerprint density at radius 2 is 1.93 bits per heavy atom. The minimum Gasteiger partial charge on any atom is -0.305 e. The van der Waals surface area contributed by atoms with Gasteiger partial charge in [0, 0.05) is 50.5 Å². The molecule has 0 aromatic carbocycles. The third-order valence-electron chi connectivity index (χ3n) is 6.35. The maximum atomic E-state index is 13.5. The van der Waals surface area contributed by atoms with Crippen molar-refractivity contribution in [3.8, 4) is 0 Å². The standard InChI is InChI=1S/C16H26ClF3N6O/c17-13-12(6-23-24-15(13)27)25-5-3-10-9(7-25)22-8-26(10)11-2-1-4-21-14(11)16(18,19)20/h9-14,21-23H,1-8H2,(H,24,27). The van der Waals surface area contributed by atoms with Crippen molar-refractivity contribution in [1.82, 2.24) is 31.3 Å². The molecule has 4 rings (SSSR count). The number of carbonyl (C=O) groups excluding carboxylic acids is 1. The molecule has 0 bridgehead atoms. The maximum Gasteiger partial charge on any atom is 0.405 e. The van der Waals surface area contributed by atoms with Gasteiger partial charge in [0.15, 0.2) is 0 Å². The predicted molar refractivity (Wildman–Crippen MR) is 94.0 cm³/mol. The van der Waals surface area contributed by atoms with Gasteiger partial charge in [-0.15, -0.1) is 11.6 Å². The Balaban J connectivity index is 1.43. The number of likely N-dealkylation sites (tertiary alicyclic amines) is 1. The van der Waals surface area contributed by atoms with E-state index in [4.69, 9.17) is 11.6 Å². The van der Waals surface area contributed by atoms with Gasteiger partial charge in [-0.2, -0.15) is 13.2 Å². The molecule has 0 aliphatic carbocycles. The highest BCUT2D eigenvalue weighted by atomic mass is 35.5. The van der Waals surface area contributed by atoms with Crippen LogP contribution in [0.15, 0.2) is 0 Å². The fraction of sp³-hybridized carbons (Fsp3) is 0.938. The van der Waals surface area contributed by atoms with E-state index < -0.39 is 23.6 Å². The molecule has 6 unspecified atom stereocenters. The largest absolute Gasteiger partial charge is 0.405 e. The van der Waals surface area contributed by atoms with E-state index in [1.807, 2.05) is 4.90 Å². The first kappa shape index (κ1) is 19.7. The van der Waals surface area contributed by atoms with Crippen LogP contribution in [0.4, 0.5) is 13.2 Å². The van der Waals surface area contributed by atoms with E-state index in [-0.39, 0.29) is 24.0 Å². The molecular weight excluding hydrogens is 385 g/mol. The molecule has 154 valence electrons. The molecule has 4 aliphatic heterocycles. The molecule has 27 heavy (non-hydrogen) atoms. The van der Waals surface area contributed by atoms with E-state index in [0.717, 1.165) is 19.4 Å². The lowest BCUT2D eigenvalue weighted by Crippen LogP contribution is -2.66. The number of nitrogens with one attached hydrogen (secondary N) is 4. The molecule has 11 heteroatoms. The Labute approximate surface area is 161 Å². The van der Waals surface area contributed by atoms with E-state index in [1.54, 1.807) is 0 Å². The minimum absolute atomic E-state index is 0.0788. The number of halogens is 4. The minimum atomic E-state index is -4.24. The molecule has 4 saturated heterocycles. The smallest absolute Gasteiger partial charge is 0.305 e. The van der Waals surface area contributed by atoms with Gasteiger partial charge in [-0.25, -0.2) is 5.43 Å². The van der Waals surface area contributed by atoms with Crippen LogP contribution in [0.5, 0.6) is 0 Å². The van der Waals surface area contributed by atoms with E-state index in [1.165, 1.54) is 0 Å². The molecular formula is C16H26ClF3N6O. The first-order chi connectivity index (χ1) is 12.9. The van der Waals surface area contributed by atoms with Crippen LogP contribution >= 0.6 is 11.6 Å². The summed E-state index contributed by atoms with van der Waals surface area (Å²) in [6, 6.07) is -1.95. The second kappa shape index (κ2) is 7.64. The van der Waals surface area contributed by atoms with E-state index >= 15 is 0 Å². The number of carbonyl (C=O) groups is 1. The molecule has 4 aliphatic rings. The summed E-state index contributed by atoms with van der Waals surface area (Å²) in [7, 11) is 0. The van der Waals surface area contributed by atoms with Crippen molar-refractivity contribution >= 4 is 17.5 Å². The average Bonchev–Trinajstić information content (AvgIpc) is 3.06. The molecule has 4 N–H and O–H groups in total. The number of hydrogen-bond acceptors (Lipinski definition) is 6. The number of rotatable bonds is 2. The Bertz CT molecular complexity index is 567. The van der Waals surface area contributed by atoms with Gasteiger partial charge in [-0.1, -0.05) is 0 Å². The molecule has 0 aromatic rings. The number of hydrazine groups is 1. The summed E-state index contributed by atoms with van der Waals surface area (Å²) in [5, 5.41) is 5.45. The third kappa shape index (κ3) is 3.79. The summed E-state index contributed by atoms with van der Waals surface area (Å²) in [5.74, 6) is -0.239. The zero-order valence-corrected chi connectivity index (χ0v) is 15.7. The number of amides is 1. The Kier molecular flexibility index (Phi) is 5.56. The van der Waals surface area contributed by atoms with Gasteiger partial charge in [0.2, 0.25) is 0 Å². The van der Waals surface area contributed by atoms with E-state index in [2.05, 4.69) is 26.4 Å². The summed E-state index contributed by atoms with van der Waals surface area (Å²) >= 11 is 6.27. The summed E-state index contributed by atoms with van der Waals surface area (Å²) < 4.78 is 40.4. The highest BCUT2D eigenvalue weighted by Crippen LogP contribution is 2.34. The molecule has 1 amide bonds. The van der Waals surface area contributed by atoms with Crippen LogP contribution in [0.25, 0.3) is 0 Å². The van der Waals surface area contributed by atoms with Crippen LogP contribution in [0.2, 0.25) is 0 Å². The molecule has 0 aromatic heterocycles. The topological polar surface area (TPSA) is 71.7 Å². The number of hydrogen-bond donors (Lipinski definition) is 4. The van der Waals surface area contributed by atoms with Crippen molar-refractivity contribution in [2.24, 2.45) is 0 Å². The van der Waals surface area contributed by atoms with Gasteiger partial charge in [0.05, 0.1) is 0 Å². The van der Waals surface area contributed by atoms with Gasteiger partial charge < -0.3 is 5.32 Å². The molecule has 4 heterocycles. The van der Waals surface area contributed by atoms with Gasteiger partial charge in [0.1, 0.15) is 11.4 Å². The fourth-order valence-corrected chi connectivity index (χ4v) is 5.34. The number of nitrogens with zero attached hydrogens (tertiary/aromatic N) is 2. The van der Waals surface area contributed by atoms with Crippen LogP contribution in [-0.4, -0.2) is 90.3 Å². The second-order valence-corrected chi connectivity index (χ2v) is 8.33. The van der Waals surface area contributed by atoms with E-state index in [0.29, 0.717) is 32.7 Å². The van der Waals surface area contributed by atoms with Crippen LogP contribution < -0.4 is 21.5 Å². The number of piperidine rings is 2. The summed E-state index contributed by atoms with van der Waals surface area (Å²) in [6.45, 7) is 2.84. The fourth-order valence-electron chi connectivity index (χ4n) is 5.03. The van der Waals surface area contributed by atoms with Crippen molar-refractivity contribution in [3.63, 3.8) is 0 Å². The lowest BCUT2D eigenvalue weighted by atomic mass is 9.91. The number of alkyl halides is 4. The van der Waals surface area contributed by atoms with Crippen molar-refractivity contribution < 1.29 is 18.0 Å². The highest BCUT2D eigenvalue weighted by Gasteiger charge is 2.52. The van der Waals surface area contributed by atoms with Crippen LogP contribution in [-0.2, 0) is 4.79 Å². The third-order valence-corrected chi connectivity index (χ3v) is 6.84. The Hall–Kier alpha value is -0.650. The molecule has 6 atom stereocenters. The zero-order valence-electron chi connectivity index (χ0n) is 14.9. The Morgan fingerprint density at radius 3 is 2.70 bits per heavy atom. The molecule has 0 spiro atoms. The summed E-state index contributed by atoms with van der Waals surface area (Å²) in [5.41, 5.74) is 5.40. The first-order valence-electron chi connectivity index (χ1n) is 9.56. The van der Waals surface area contributed by atoms with Gasteiger partial charge >= 0.3 is 6.18 Å². The van der Waals surface area contributed by atoms with E-state index in [9.17, 15) is 18.0 Å². The van der Waals surface area contributed by atoms with Crippen molar-refractivity contribution in [2.75, 3.05) is 32.8 Å². The molecule has 0 radical (unpaired) electrons. The zero-order chi connectivity index (χ0) is 19.2. The summed E-state index contributed by atoms with van der Waals surface area (Å²) in [4.78, 5) is 16.0. The first-order valence-corrected chi connectivity index (χ1v) is 10.00. The van der Waals surface area contributed by atoms with Crippen LogP contribution in [0.1, 0.15) is 19.3 Å². The van der Waals surface area contributed by atoms with Gasteiger partial charge in [0.25, 0.3) is 5.91 Å². The Morgan fingerprint density at radius 1 is 1.11 bits per heavy atom. The normalized spacial score (nSPS) is 42.0. The van der Waals surface area contributed by atoms with Gasteiger partial charge in [-0.05, 0) is 25.8 Å². The second-order valence-electron chi connectivity index (χ2n) is 7.86. The van der Waals surface area contributed by atoms with Crippen LogP contribution in [0, 0.1) is 0 Å². The molecule has 7 nitrogen and oxygen atoms in total. The van der Waals surface area contributed by atoms with Gasteiger partial charge in [-0.3, -0.25) is 25.3 Å². The highest BCUT2D eigenvalue weighted by molar-refractivity contribution is 6.31.